The summed E-state index contributed by atoms with van der Waals surface area (Å²) >= 11 is 6.37. The molecule has 0 saturated heterocycles. The van der Waals surface area contributed by atoms with Gasteiger partial charge in [0.2, 0.25) is 0 Å². The molecule has 0 spiro atoms. The molecule has 2 rings (SSSR count). The minimum absolute atomic E-state index is 0.0950. The molecule has 0 aliphatic heterocycles. The van der Waals surface area contributed by atoms with Crippen LogP contribution in [0.15, 0.2) is 30.3 Å². The highest BCUT2D eigenvalue weighted by Crippen LogP contribution is 2.36. The highest BCUT2D eigenvalue weighted by molar-refractivity contribution is 7.66. The first-order valence-corrected chi connectivity index (χ1v) is 13.3. The summed E-state index contributed by atoms with van der Waals surface area (Å²) in [5, 5.41) is 1.08. The van der Waals surface area contributed by atoms with Crippen LogP contribution in [0, 0.1) is 6.92 Å². The number of hydrogen-bond donors (Lipinski definition) is 0. The molecular weight excluding hydrogens is 491 g/mol. The Kier molecular flexibility index (Phi) is 14.0. The summed E-state index contributed by atoms with van der Waals surface area (Å²) < 4.78 is 34.2. The molecule has 0 aliphatic rings. The van der Waals surface area contributed by atoms with Gasteiger partial charge in [0.15, 0.2) is 5.52 Å². The Morgan fingerprint density at radius 3 is 1.80 bits per heavy atom. The molecule has 9 heteroatoms. The molecule has 0 aliphatic carbocycles. The molecule has 0 heterocycles. The maximum atomic E-state index is 13.4. The molecule has 7 nitrogen and oxygen atoms in total. The monoisotopic (exact) mass is 526 g/mol. The predicted octanol–water partition coefficient (Wildman–Crippen LogP) is 5.04. The van der Waals surface area contributed by atoms with Crippen molar-refractivity contribution >= 4 is 31.0 Å². The Hall–Kier alpha value is -1.89. The van der Waals surface area contributed by atoms with E-state index in [0.717, 1.165) is 5.56 Å². The normalized spacial score (nSPS) is 11.2. The fourth-order valence-electron chi connectivity index (χ4n) is 3.17. The molecule has 0 fully saturated rings. The van der Waals surface area contributed by atoms with Crippen LogP contribution < -0.4 is 19.5 Å². The standard InChI is InChI=1S/C26H36ClO7P/c1-5-29-11-14-32-20-17-22(33-15-12-30-6-2)25(23(18-20)34-16-13-31-7-3)35-26(28)24-19(4)9-8-10-21(24)27/h8-10,17-18,35H,5-7,11-16H2,1-4H3. The number of ether oxygens (including phenoxy) is 6. The van der Waals surface area contributed by atoms with E-state index in [1.165, 1.54) is 0 Å². The summed E-state index contributed by atoms with van der Waals surface area (Å²) in [6.07, 6.45) is 0. The maximum absolute atomic E-state index is 13.4. The largest absolute Gasteiger partial charge is 0.491 e. The summed E-state index contributed by atoms with van der Waals surface area (Å²) in [5.74, 6) is 1.60. The van der Waals surface area contributed by atoms with Crippen molar-refractivity contribution in [1.29, 1.82) is 0 Å². The van der Waals surface area contributed by atoms with E-state index in [1.807, 2.05) is 39.8 Å². The fraction of sp³-hybridized carbons (Fsp3) is 0.500. The predicted molar refractivity (Wildman–Crippen MR) is 141 cm³/mol. The third-order valence-corrected chi connectivity index (χ3v) is 6.34. The molecular formula is C26H36ClO7P. The van der Waals surface area contributed by atoms with Crippen molar-refractivity contribution in [1.82, 2.24) is 0 Å². The van der Waals surface area contributed by atoms with Gasteiger partial charge in [-0.15, -0.1) is 0 Å². The first-order valence-electron chi connectivity index (χ1n) is 11.9. The van der Waals surface area contributed by atoms with Crippen LogP contribution in [0.25, 0.3) is 0 Å². The third-order valence-electron chi connectivity index (χ3n) is 4.81. The Morgan fingerprint density at radius 1 is 0.800 bits per heavy atom. The Balaban J connectivity index is 2.38. The molecule has 0 N–H and O–H groups in total. The van der Waals surface area contributed by atoms with Crippen molar-refractivity contribution in [3.63, 3.8) is 0 Å². The zero-order valence-electron chi connectivity index (χ0n) is 21.0. The minimum atomic E-state index is -0.266. The lowest BCUT2D eigenvalue weighted by Crippen LogP contribution is -2.17. The van der Waals surface area contributed by atoms with Crippen molar-refractivity contribution in [2.75, 3.05) is 59.5 Å². The number of carbonyl (C=O) groups excluding carboxylic acids is 1. The van der Waals surface area contributed by atoms with E-state index in [9.17, 15) is 4.79 Å². The van der Waals surface area contributed by atoms with Crippen molar-refractivity contribution < 1.29 is 33.2 Å². The van der Waals surface area contributed by atoms with Gasteiger partial charge in [-0.05, 0) is 47.9 Å². The van der Waals surface area contributed by atoms with Gasteiger partial charge in [-0.3, -0.25) is 4.79 Å². The topological polar surface area (TPSA) is 72.5 Å². The number of halogens is 1. The molecule has 1 unspecified atom stereocenters. The van der Waals surface area contributed by atoms with Gasteiger partial charge in [-0.1, -0.05) is 23.7 Å². The number of benzene rings is 2. The zero-order valence-corrected chi connectivity index (χ0v) is 22.7. The van der Waals surface area contributed by atoms with E-state index in [4.69, 9.17) is 40.0 Å². The van der Waals surface area contributed by atoms with Crippen LogP contribution >= 0.6 is 20.2 Å². The first kappa shape index (κ1) is 29.3. The molecule has 2 aromatic rings. The van der Waals surface area contributed by atoms with Gasteiger partial charge < -0.3 is 28.4 Å². The van der Waals surface area contributed by atoms with Gasteiger partial charge in [-0.25, -0.2) is 0 Å². The second-order valence-electron chi connectivity index (χ2n) is 7.32. The molecule has 0 saturated carbocycles. The molecule has 0 bridgehead atoms. The van der Waals surface area contributed by atoms with Gasteiger partial charge in [0.25, 0.3) is 0 Å². The van der Waals surface area contributed by atoms with E-state index < -0.39 is 0 Å². The average molecular weight is 527 g/mol. The van der Waals surface area contributed by atoms with Crippen LogP contribution in [-0.2, 0) is 14.2 Å². The smallest absolute Gasteiger partial charge is 0.187 e. The van der Waals surface area contributed by atoms with Gasteiger partial charge in [0, 0.05) is 37.5 Å². The van der Waals surface area contributed by atoms with Crippen LogP contribution in [0.3, 0.4) is 0 Å². The number of carbonyl (C=O) groups is 1. The number of aryl methyl sites for hydroxylation is 1. The minimum Gasteiger partial charge on any atom is -0.491 e. The third kappa shape index (κ3) is 9.94. The van der Waals surface area contributed by atoms with E-state index in [0.29, 0.717) is 92.6 Å². The van der Waals surface area contributed by atoms with Crippen molar-refractivity contribution in [3.05, 3.63) is 46.5 Å². The molecule has 2 aromatic carbocycles. The van der Waals surface area contributed by atoms with Crippen molar-refractivity contribution in [3.8, 4) is 17.2 Å². The molecule has 194 valence electrons. The van der Waals surface area contributed by atoms with Gasteiger partial charge in [0.05, 0.1) is 30.1 Å². The summed E-state index contributed by atoms with van der Waals surface area (Å²) in [4.78, 5) is 13.4. The SMILES string of the molecule is CCOCCOc1cc(OCCOCC)c(PC(=O)c2c(C)cccc2Cl)c(OCCOCC)c1. The highest BCUT2D eigenvalue weighted by atomic mass is 35.5. The molecule has 0 aromatic heterocycles. The lowest BCUT2D eigenvalue weighted by atomic mass is 10.1. The van der Waals surface area contributed by atoms with E-state index in [-0.39, 0.29) is 14.1 Å². The van der Waals surface area contributed by atoms with Gasteiger partial charge in [-0.2, -0.15) is 0 Å². The Morgan fingerprint density at radius 2 is 1.31 bits per heavy atom. The van der Waals surface area contributed by atoms with Crippen molar-refractivity contribution in [2.24, 2.45) is 0 Å². The first-order chi connectivity index (χ1) is 17.0. The summed E-state index contributed by atoms with van der Waals surface area (Å²) in [5.41, 5.74) is 1.23. The van der Waals surface area contributed by atoms with Gasteiger partial charge in [0.1, 0.15) is 37.1 Å². The van der Waals surface area contributed by atoms with Crippen LogP contribution in [0.2, 0.25) is 5.02 Å². The molecule has 0 amide bonds. The van der Waals surface area contributed by atoms with Gasteiger partial charge >= 0.3 is 0 Å². The summed E-state index contributed by atoms with van der Waals surface area (Å²) in [7, 11) is -0.266. The van der Waals surface area contributed by atoms with E-state index in [2.05, 4.69) is 0 Å². The second-order valence-corrected chi connectivity index (χ2v) is 8.93. The quantitative estimate of drug-likeness (QED) is 0.199. The Labute approximate surface area is 215 Å². The molecule has 1 atom stereocenters. The second kappa shape index (κ2) is 16.7. The maximum Gasteiger partial charge on any atom is 0.187 e. The number of hydrogen-bond acceptors (Lipinski definition) is 7. The Bertz CT molecular complexity index is 869. The average Bonchev–Trinajstić information content (AvgIpc) is 2.84. The lowest BCUT2D eigenvalue weighted by Gasteiger charge is -2.19. The van der Waals surface area contributed by atoms with Crippen molar-refractivity contribution in [2.45, 2.75) is 27.7 Å². The molecule has 35 heavy (non-hydrogen) atoms. The van der Waals surface area contributed by atoms with Crippen LogP contribution in [-0.4, -0.2) is 65.0 Å². The zero-order chi connectivity index (χ0) is 25.5. The summed E-state index contributed by atoms with van der Waals surface area (Å²) in [6.45, 7) is 11.8. The summed E-state index contributed by atoms with van der Waals surface area (Å²) in [6, 6.07) is 8.99. The van der Waals surface area contributed by atoms with E-state index >= 15 is 0 Å². The van der Waals surface area contributed by atoms with Crippen LogP contribution in [0.1, 0.15) is 36.7 Å². The molecule has 0 radical (unpaired) electrons. The number of rotatable bonds is 18. The lowest BCUT2D eigenvalue weighted by molar-refractivity contribution is 0.105. The fourth-order valence-corrected chi connectivity index (χ4v) is 4.77. The van der Waals surface area contributed by atoms with E-state index in [1.54, 1.807) is 18.2 Å². The van der Waals surface area contributed by atoms with Crippen LogP contribution in [0.4, 0.5) is 0 Å². The highest BCUT2D eigenvalue weighted by Gasteiger charge is 2.21. The van der Waals surface area contributed by atoms with Crippen LogP contribution in [0.5, 0.6) is 17.2 Å².